The molecule has 0 spiro atoms. The SMILES string of the molecule is C[C@H]1CO[C@H](C(C)(C)C)O1. The smallest absolute Gasteiger partial charge is 0.162 e. The van der Waals surface area contributed by atoms with Crippen LogP contribution in [0, 0.1) is 5.41 Å². The Kier molecular flexibility index (Phi) is 2.02. The zero-order valence-electron chi connectivity index (χ0n) is 7.18. The van der Waals surface area contributed by atoms with Gasteiger partial charge in [0.1, 0.15) is 0 Å². The van der Waals surface area contributed by atoms with Crippen molar-refractivity contribution in [1.29, 1.82) is 0 Å². The Morgan fingerprint density at radius 1 is 1.30 bits per heavy atom. The highest BCUT2D eigenvalue weighted by molar-refractivity contribution is 4.72. The van der Waals surface area contributed by atoms with Gasteiger partial charge in [0.05, 0.1) is 12.7 Å². The molecule has 0 aromatic carbocycles. The van der Waals surface area contributed by atoms with Crippen LogP contribution in [0.2, 0.25) is 0 Å². The molecule has 2 heteroatoms. The van der Waals surface area contributed by atoms with Gasteiger partial charge in [0.25, 0.3) is 0 Å². The second-order valence-corrected chi connectivity index (χ2v) is 3.98. The quantitative estimate of drug-likeness (QED) is 0.516. The standard InChI is InChI=1S/C8H16O2/c1-6-5-9-7(10-6)8(2,3)4/h6-7H,5H2,1-4H3/t6-,7-/m0/s1. The minimum Gasteiger partial charge on any atom is -0.349 e. The molecule has 0 amide bonds. The molecule has 0 aromatic heterocycles. The summed E-state index contributed by atoms with van der Waals surface area (Å²) in [6.45, 7) is 9.13. The number of ether oxygens (including phenoxy) is 2. The van der Waals surface area contributed by atoms with Gasteiger partial charge in [-0.1, -0.05) is 20.8 Å². The van der Waals surface area contributed by atoms with Gasteiger partial charge in [-0.15, -0.1) is 0 Å². The van der Waals surface area contributed by atoms with Crippen LogP contribution in [0.3, 0.4) is 0 Å². The van der Waals surface area contributed by atoms with Gasteiger partial charge in [-0.25, -0.2) is 0 Å². The summed E-state index contributed by atoms with van der Waals surface area (Å²) in [5.41, 5.74) is 0.116. The zero-order valence-corrected chi connectivity index (χ0v) is 7.18. The third-order valence-electron chi connectivity index (χ3n) is 1.55. The largest absolute Gasteiger partial charge is 0.349 e. The highest BCUT2D eigenvalue weighted by atomic mass is 16.7. The van der Waals surface area contributed by atoms with E-state index in [-0.39, 0.29) is 17.8 Å². The molecule has 0 aliphatic carbocycles. The molecule has 0 radical (unpaired) electrons. The van der Waals surface area contributed by atoms with Crippen molar-refractivity contribution in [3.63, 3.8) is 0 Å². The molecule has 1 heterocycles. The minimum atomic E-state index is -0.0116. The maximum Gasteiger partial charge on any atom is 0.162 e. The lowest BCUT2D eigenvalue weighted by Gasteiger charge is -2.24. The van der Waals surface area contributed by atoms with E-state index >= 15 is 0 Å². The molecule has 60 valence electrons. The molecule has 2 nitrogen and oxygen atoms in total. The van der Waals surface area contributed by atoms with Crippen molar-refractivity contribution in [2.75, 3.05) is 6.61 Å². The first-order valence-electron chi connectivity index (χ1n) is 3.77. The number of hydrogen-bond donors (Lipinski definition) is 0. The van der Waals surface area contributed by atoms with Crippen LogP contribution in [-0.2, 0) is 9.47 Å². The molecule has 0 saturated carbocycles. The summed E-state index contributed by atoms with van der Waals surface area (Å²) >= 11 is 0. The highest BCUT2D eigenvalue weighted by Crippen LogP contribution is 2.28. The van der Waals surface area contributed by atoms with Crippen molar-refractivity contribution >= 4 is 0 Å². The number of hydrogen-bond acceptors (Lipinski definition) is 2. The van der Waals surface area contributed by atoms with Gasteiger partial charge >= 0.3 is 0 Å². The topological polar surface area (TPSA) is 18.5 Å². The lowest BCUT2D eigenvalue weighted by Crippen LogP contribution is -2.27. The van der Waals surface area contributed by atoms with Crippen LogP contribution in [0.15, 0.2) is 0 Å². The van der Waals surface area contributed by atoms with Crippen molar-refractivity contribution in [2.24, 2.45) is 5.41 Å². The van der Waals surface area contributed by atoms with Crippen LogP contribution >= 0.6 is 0 Å². The summed E-state index contributed by atoms with van der Waals surface area (Å²) in [4.78, 5) is 0. The molecule has 0 N–H and O–H groups in total. The average molecular weight is 144 g/mol. The Morgan fingerprint density at radius 2 is 1.90 bits per heavy atom. The van der Waals surface area contributed by atoms with Crippen molar-refractivity contribution in [3.8, 4) is 0 Å². The van der Waals surface area contributed by atoms with Crippen LogP contribution in [-0.4, -0.2) is 19.0 Å². The highest BCUT2D eigenvalue weighted by Gasteiger charge is 2.32. The monoisotopic (exact) mass is 144 g/mol. The number of rotatable bonds is 0. The fraction of sp³-hybridized carbons (Fsp3) is 1.00. The van der Waals surface area contributed by atoms with E-state index in [4.69, 9.17) is 9.47 Å². The zero-order chi connectivity index (χ0) is 7.78. The fourth-order valence-electron chi connectivity index (χ4n) is 0.967. The Morgan fingerprint density at radius 3 is 2.10 bits per heavy atom. The van der Waals surface area contributed by atoms with E-state index in [0.29, 0.717) is 0 Å². The Balaban J connectivity index is 2.45. The molecule has 1 aliphatic rings. The molecule has 0 aromatic rings. The van der Waals surface area contributed by atoms with Gasteiger partial charge < -0.3 is 9.47 Å². The van der Waals surface area contributed by atoms with Crippen LogP contribution in [0.5, 0.6) is 0 Å². The van der Waals surface area contributed by atoms with E-state index in [9.17, 15) is 0 Å². The lowest BCUT2D eigenvalue weighted by atomic mass is 9.96. The normalized spacial score (nSPS) is 34.8. The first-order chi connectivity index (χ1) is 4.50. The maximum absolute atomic E-state index is 5.50. The van der Waals surface area contributed by atoms with Crippen LogP contribution in [0.25, 0.3) is 0 Å². The average Bonchev–Trinajstić information content (AvgIpc) is 2.11. The minimum absolute atomic E-state index is 0.0116. The van der Waals surface area contributed by atoms with Gasteiger partial charge in [-0.2, -0.15) is 0 Å². The van der Waals surface area contributed by atoms with Crippen molar-refractivity contribution in [2.45, 2.75) is 40.1 Å². The van der Waals surface area contributed by atoms with Crippen LogP contribution in [0.4, 0.5) is 0 Å². The van der Waals surface area contributed by atoms with Gasteiger partial charge in [0.2, 0.25) is 0 Å². The summed E-state index contributed by atoms with van der Waals surface area (Å²) in [7, 11) is 0. The van der Waals surface area contributed by atoms with E-state index in [0.717, 1.165) is 6.61 Å². The predicted octanol–water partition coefficient (Wildman–Crippen LogP) is 1.79. The summed E-state index contributed by atoms with van der Waals surface area (Å²) in [6.07, 6.45) is 0.256. The van der Waals surface area contributed by atoms with E-state index in [2.05, 4.69) is 20.8 Å². The Bertz CT molecular complexity index is 115. The first-order valence-corrected chi connectivity index (χ1v) is 3.77. The molecule has 1 saturated heterocycles. The van der Waals surface area contributed by atoms with E-state index in [1.807, 2.05) is 6.92 Å². The van der Waals surface area contributed by atoms with Crippen LogP contribution in [0.1, 0.15) is 27.7 Å². The van der Waals surface area contributed by atoms with Crippen molar-refractivity contribution in [3.05, 3.63) is 0 Å². The summed E-state index contributed by atoms with van der Waals surface area (Å²) < 4.78 is 10.9. The van der Waals surface area contributed by atoms with Gasteiger partial charge in [0, 0.05) is 5.41 Å². The summed E-state index contributed by atoms with van der Waals surface area (Å²) in [5.74, 6) is 0. The van der Waals surface area contributed by atoms with E-state index in [1.165, 1.54) is 0 Å². The van der Waals surface area contributed by atoms with Gasteiger partial charge in [-0.3, -0.25) is 0 Å². The molecule has 0 bridgehead atoms. The van der Waals surface area contributed by atoms with Crippen molar-refractivity contribution in [1.82, 2.24) is 0 Å². The molecule has 1 fully saturated rings. The van der Waals surface area contributed by atoms with Crippen molar-refractivity contribution < 1.29 is 9.47 Å². The Hall–Kier alpha value is -0.0800. The molecule has 1 rings (SSSR count). The molecular formula is C8H16O2. The molecule has 1 aliphatic heterocycles. The van der Waals surface area contributed by atoms with E-state index < -0.39 is 0 Å². The summed E-state index contributed by atoms with van der Waals surface area (Å²) in [6, 6.07) is 0. The third kappa shape index (κ3) is 1.70. The second-order valence-electron chi connectivity index (χ2n) is 3.98. The summed E-state index contributed by atoms with van der Waals surface area (Å²) in [5, 5.41) is 0. The molecular weight excluding hydrogens is 128 g/mol. The fourth-order valence-corrected chi connectivity index (χ4v) is 0.967. The van der Waals surface area contributed by atoms with Crippen LogP contribution < -0.4 is 0 Å². The Labute approximate surface area is 62.5 Å². The molecule has 10 heavy (non-hydrogen) atoms. The first kappa shape index (κ1) is 8.02. The second kappa shape index (κ2) is 2.51. The molecule has 2 atom stereocenters. The maximum atomic E-state index is 5.50. The van der Waals surface area contributed by atoms with E-state index in [1.54, 1.807) is 0 Å². The van der Waals surface area contributed by atoms with Gasteiger partial charge in [-0.05, 0) is 6.92 Å². The lowest BCUT2D eigenvalue weighted by molar-refractivity contribution is -0.122. The molecule has 0 unspecified atom stereocenters. The predicted molar refractivity (Wildman–Crippen MR) is 39.7 cm³/mol. The third-order valence-corrected chi connectivity index (χ3v) is 1.55. The van der Waals surface area contributed by atoms with Gasteiger partial charge in [0.15, 0.2) is 6.29 Å².